The zero-order chi connectivity index (χ0) is 16.9. The first-order valence-corrected chi connectivity index (χ1v) is 10.3. The van der Waals surface area contributed by atoms with Crippen molar-refractivity contribution in [3.63, 3.8) is 0 Å². The lowest BCUT2D eigenvalue weighted by molar-refractivity contribution is 0.882. The van der Waals surface area contributed by atoms with Crippen molar-refractivity contribution < 1.29 is 0 Å². The van der Waals surface area contributed by atoms with Gasteiger partial charge >= 0.3 is 0 Å². The molecule has 1 aliphatic rings. The standard InChI is InChI=1S/C16H17Cl2N3OS2/c17-11-5-10(6-12(18)7-11)9-23-21-16-14(22)8-15(19-20-16)24-13-3-1-2-4-13/h5-8,13H,1-4,9H2,(H,19,22)(H,20,21). The average molecular weight is 402 g/mol. The molecule has 2 aromatic rings. The van der Waals surface area contributed by atoms with Crippen LogP contribution in [0.15, 0.2) is 34.1 Å². The number of hydrogen-bond acceptors (Lipinski definition) is 5. The van der Waals surface area contributed by atoms with Gasteiger partial charge in [-0.05, 0) is 48.6 Å². The number of halogens is 2. The smallest absolute Gasteiger partial charge is 0.226 e. The van der Waals surface area contributed by atoms with Gasteiger partial charge in [-0.2, -0.15) is 5.10 Å². The van der Waals surface area contributed by atoms with Gasteiger partial charge in [-0.25, -0.2) is 0 Å². The normalized spacial score (nSPS) is 14.9. The van der Waals surface area contributed by atoms with E-state index in [2.05, 4.69) is 14.9 Å². The first kappa shape index (κ1) is 18.0. The highest BCUT2D eigenvalue weighted by atomic mass is 35.5. The Bertz CT molecular complexity index is 743. The molecule has 0 unspecified atom stereocenters. The van der Waals surface area contributed by atoms with Crippen LogP contribution in [-0.2, 0) is 5.75 Å². The van der Waals surface area contributed by atoms with Gasteiger partial charge in [0.2, 0.25) is 11.2 Å². The van der Waals surface area contributed by atoms with Crippen LogP contribution in [0.25, 0.3) is 0 Å². The molecule has 0 atom stereocenters. The number of rotatable bonds is 6. The van der Waals surface area contributed by atoms with Gasteiger partial charge in [-0.15, -0.1) is 11.8 Å². The number of H-pyrrole nitrogens is 1. The lowest BCUT2D eigenvalue weighted by atomic mass is 10.2. The van der Waals surface area contributed by atoms with E-state index in [1.165, 1.54) is 37.6 Å². The van der Waals surface area contributed by atoms with Crippen molar-refractivity contribution in [1.82, 2.24) is 10.2 Å². The third-order valence-electron chi connectivity index (χ3n) is 3.70. The van der Waals surface area contributed by atoms with Crippen molar-refractivity contribution >= 4 is 52.7 Å². The summed E-state index contributed by atoms with van der Waals surface area (Å²) >= 11 is 15.0. The van der Waals surface area contributed by atoms with Crippen LogP contribution in [-0.4, -0.2) is 15.4 Å². The fourth-order valence-electron chi connectivity index (χ4n) is 2.59. The molecular weight excluding hydrogens is 385 g/mol. The summed E-state index contributed by atoms with van der Waals surface area (Å²) in [5.41, 5.74) is 0.876. The van der Waals surface area contributed by atoms with Crippen LogP contribution >= 0.6 is 46.9 Å². The molecule has 4 nitrogen and oxygen atoms in total. The number of nitrogens with one attached hydrogen (secondary N) is 2. The van der Waals surface area contributed by atoms with E-state index in [1.54, 1.807) is 23.9 Å². The minimum atomic E-state index is -0.106. The number of thioether (sulfide) groups is 1. The molecule has 1 saturated carbocycles. The van der Waals surface area contributed by atoms with E-state index in [4.69, 9.17) is 23.2 Å². The summed E-state index contributed by atoms with van der Waals surface area (Å²) in [7, 11) is 0. The third-order valence-corrected chi connectivity index (χ3v) is 6.22. The van der Waals surface area contributed by atoms with Gasteiger partial charge in [0.15, 0.2) is 0 Å². The number of nitrogens with zero attached hydrogens (tertiary/aromatic N) is 1. The molecule has 0 amide bonds. The molecule has 8 heteroatoms. The predicted molar refractivity (Wildman–Crippen MR) is 104 cm³/mol. The fourth-order valence-corrected chi connectivity index (χ4v) is 5.05. The van der Waals surface area contributed by atoms with Gasteiger partial charge < -0.3 is 4.72 Å². The SMILES string of the molecule is O=c1cc(SC2CCCC2)[nH]nc1NSCc1cc(Cl)cc(Cl)c1. The molecule has 0 bridgehead atoms. The van der Waals surface area contributed by atoms with Gasteiger partial charge in [-0.1, -0.05) is 36.0 Å². The Kier molecular flexibility index (Phi) is 6.38. The largest absolute Gasteiger partial charge is 0.309 e. The van der Waals surface area contributed by atoms with Gasteiger partial charge in [0.05, 0.1) is 5.03 Å². The Morgan fingerprint density at radius 1 is 1.17 bits per heavy atom. The van der Waals surface area contributed by atoms with Crippen LogP contribution < -0.4 is 10.2 Å². The molecule has 0 spiro atoms. The second kappa shape index (κ2) is 8.52. The second-order valence-electron chi connectivity index (χ2n) is 5.64. The van der Waals surface area contributed by atoms with E-state index >= 15 is 0 Å². The van der Waals surface area contributed by atoms with Crippen LogP contribution in [0.5, 0.6) is 0 Å². The Balaban J connectivity index is 1.56. The Hall–Kier alpha value is -0.820. The topological polar surface area (TPSA) is 57.8 Å². The van der Waals surface area contributed by atoms with E-state index in [0.29, 0.717) is 26.9 Å². The highest BCUT2D eigenvalue weighted by molar-refractivity contribution is 8.00. The van der Waals surface area contributed by atoms with Crippen molar-refractivity contribution in [3.05, 3.63) is 50.1 Å². The highest BCUT2D eigenvalue weighted by Gasteiger charge is 2.17. The summed E-state index contributed by atoms with van der Waals surface area (Å²) in [4.78, 5) is 12.2. The molecule has 1 fully saturated rings. The molecule has 24 heavy (non-hydrogen) atoms. The van der Waals surface area contributed by atoms with Crippen LogP contribution in [0.1, 0.15) is 31.2 Å². The zero-order valence-electron chi connectivity index (χ0n) is 12.9. The fraction of sp³-hybridized carbons (Fsp3) is 0.375. The molecule has 0 saturated heterocycles. The zero-order valence-corrected chi connectivity index (χ0v) is 16.0. The van der Waals surface area contributed by atoms with E-state index < -0.39 is 0 Å². The number of anilines is 1. The number of benzene rings is 1. The van der Waals surface area contributed by atoms with E-state index in [-0.39, 0.29) is 5.43 Å². The molecule has 0 radical (unpaired) electrons. The van der Waals surface area contributed by atoms with Crippen LogP contribution in [0.4, 0.5) is 5.82 Å². The van der Waals surface area contributed by atoms with Gasteiger partial charge in [0.1, 0.15) is 0 Å². The van der Waals surface area contributed by atoms with Crippen LogP contribution in [0.3, 0.4) is 0 Å². The summed E-state index contributed by atoms with van der Waals surface area (Å²) in [5.74, 6) is 0.934. The van der Waals surface area contributed by atoms with E-state index in [1.807, 2.05) is 12.1 Å². The first-order valence-electron chi connectivity index (χ1n) is 7.69. The quantitative estimate of drug-likeness (QED) is 0.636. The minimum absolute atomic E-state index is 0.106. The predicted octanol–water partition coefficient (Wildman–Crippen LogP) is 5.37. The molecular formula is C16H17Cl2N3OS2. The van der Waals surface area contributed by atoms with Crippen molar-refractivity contribution in [2.24, 2.45) is 0 Å². The average Bonchev–Trinajstić information content (AvgIpc) is 3.01. The number of aromatic amines is 1. The first-order chi connectivity index (χ1) is 11.6. The molecule has 128 valence electrons. The number of aromatic nitrogens is 2. The summed E-state index contributed by atoms with van der Waals surface area (Å²) < 4.78 is 2.99. The molecule has 1 aliphatic carbocycles. The van der Waals surface area contributed by atoms with Crippen molar-refractivity contribution in [1.29, 1.82) is 0 Å². The maximum atomic E-state index is 12.2. The molecule has 1 heterocycles. The minimum Gasteiger partial charge on any atom is -0.309 e. The Morgan fingerprint density at radius 2 is 1.88 bits per heavy atom. The summed E-state index contributed by atoms with van der Waals surface area (Å²) in [5, 5.41) is 9.75. The molecule has 1 aromatic carbocycles. The third kappa shape index (κ3) is 5.09. The lowest BCUT2D eigenvalue weighted by Crippen LogP contribution is -2.11. The van der Waals surface area contributed by atoms with E-state index in [9.17, 15) is 4.79 Å². The lowest BCUT2D eigenvalue weighted by Gasteiger charge is -2.09. The van der Waals surface area contributed by atoms with Crippen LogP contribution in [0, 0.1) is 0 Å². The summed E-state index contributed by atoms with van der Waals surface area (Å²) in [6, 6.07) is 7.01. The van der Waals surface area contributed by atoms with Gasteiger partial charge in [0, 0.05) is 27.1 Å². The Labute approximate surface area is 159 Å². The molecule has 1 aromatic heterocycles. The maximum Gasteiger partial charge on any atom is 0.226 e. The molecule has 3 rings (SSSR count). The van der Waals surface area contributed by atoms with E-state index in [0.717, 1.165) is 10.6 Å². The number of hydrogen-bond donors (Lipinski definition) is 2. The van der Waals surface area contributed by atoms with Crippen LogP contribution in [0.2, 0.25) is 10.0 Å². The molecule has 2 N–H and O–H groups in total. The molecule has 0 aliphatic heterocycles. The van der Waals surface area contributed by atoms with Crippen molar-refractivity contribution in [2.75, 3.05) is 4.72 Å². The summed E-state index contributed by atoms with van der Waals surface area (Å²) in [6.07, 6.45) is 4.98. The maximum absolute atomic E-state index is 12.2. The second-order valence-corrected chi connectivity index (χ2v) is 8.63. The Morgan fingerprint density at radius 3 is 2.54 bits per heavy atom. The van der Waals surface area contributed by atoms with Crippen molar-refractivity contribution in [2.45, 2.75) is 41.7 Å². The van der Waals surface area contributed by atoms with Crippen molar-refractivity contribution in [3.8, 4) is 0 Å². The highest BCUT2D eigenvalue weighted by Crippen LogP contribution is 2.33. The van der Waals surface area contributed by atoms with Gasteiger partial charge in [0.25, 0.3) is 0 Å². The summed E-state index contributed by atoms with van der Waals surface area (Å²) in [6.45, 7) is 0. The monoisotopic (exact) mass is 401 g/mol. The van der Waals surface area contributed by atoms with Gasteiger partial charge in [-0.3, -0.25) is 9.89 Å².